The van der Waals surface area contributed by atoms with E-state index in [2.05, 4.69) is 68.2 Å². The van der Waals surface area contributed by atoms with E-state index in [1.54, 1.807) is 6.07 Å². The topological polar surface area (TPSA) is 45.2 Å². The van der Waals surface area contributed by atoms with E-state index in [1.165, 1.54) is 22.3 Å². The van der Waals surface area contributed by atoms with Crippen LogP contribution in [0.4, 0.5) is 0 Å². The van der Waals surface area contributed by atoms with Crippen molar-refractivity contribution in [3.8, 4) is 0 Å². The maximum absolute atomic E-state index is 11.9. The van der Waals surface area contributed by atoms with E-state index in [4.69, 9.17) is 4.99 Å². The first-order valence-electron chi connectivity index (χ1n) is 10.9. The van der Waals surface area contributed by atoms with Crippen LogP contribution < -0.4 is 5.56 Å². The Kier molecular flexibility index (Phi) is 5.72. The molecule has 2 unspecified atom stereocenters. The van der Waals surface area contributed by atoms with E-state index in [0.29, 0.717) is 5.92 Å². The lowest BCUT2D eigenvalue weighted by atomic mass is 9.63. The van der Waals surface area contributed by atoms with E-state index in [-0.39, 0.29) is 5.56 Å². The third-order valence-corrected chi connectivity index (χ3v) is 6.24. The zero-order chi connectivity index (χ0) is 21.1. The summed E-state index contributed by atoms with van der Waals surface area (Å²) in [4.78, 5) is 20.1. The van der Waals surface area contributed by atoms with Crippen molar-refractivity contribution in [3.63, 3.8) is 0 Å². The van der Waals surface area contributed by atoms with Gasteiger partial charge in [0.2, 0.25) is 5.56 Å². The Morgan fingerprint density at radius 3 is 2.93 bits per heavy atom. The van der Waals surface area contributed by atoms with Gasteiger partial charge in [-0.05, 0) is 55.5 Å². The van der Waals surface area contributed by atoms with Gasteiger partial charge in [-0.3, -0.25) is 9.79 Å². The van der Waals surface area contributed by atoms with Crippen molar-refractivity contribution in [2.24, 2.45) is 10.9 Å². The molecular formula is C27H30N2O. The van der Waals surface area contributed by atoms with Gasteiger partial charge in [0.05, 0.1) is 0 Å². The average Bonchev–Trinajstić information content (AvgIpc) is 2.71. The van der Waals surface area contributed by atoms with Crippen molar-refractivity contribution in [1.29, 1.82) is 0 Å². The molecule has 4 rings (SSSR count). The molecule has 0 saturated carbocycles. The van der Waals surface area contributed by atoms with Crippen LogP contribution in [0.15, 0.2) is 75.6 Å². The van der Waals surface area contributed by atoms with Gasteiger partial charge in [-0.2, -0.15) is 0 Å². The zero-order valence-electron chi connectivity index (χ0n) is 18.1. The molecule has 2 aliphatic rings. The minimum atomic E-state index is -0.426. The highest BCUT2D eigenvalue weighted by molar-refractivity contribution is 5.79. The first-order valence-corrected chi connectivity index (χ1v) is 10.9. The Morgan fingerprint density at radius 2 is 2.13 bits per heavy atom. The molecule has 2 aliphatic carbocycles. The van der Waals surface area contributed by atoms with Gasteiger partial charge in [-0.15, -0.1) is 0 Å². The largest absolute Gasteiger partial charge is 0.326 e. The number of H-pyrrole nitrogens is 1. The van der Waals surface area contributed by atoms with E-state index >= 15 is 0 Å². The van der Waals surface area contributed by atoms with E-state index in [0.717, 1.165) is 36.9 Å². The van der Waals surface area contributed by atoms with Crippen molar-refractivity contribution < 1.29 is 0 Å². The van der Waals surface area contributed by atoms with Crippen LogP contribution >= 0.6 is 0 Å². The molecule has 2 bridgehead atoms. The molecule has 0 radical (unpaired) electrons. The van der Waals surface area contributed by atoms with Crippen LogP contribution in [-0.4, -0.2) is 11.2 Å². The summed E-state index contributed by atoms with van der Waals surface area (Å²) in [5.41, 5.74) is 6.95. The lowest BCUT2D eigenvalue weighted by Gasteiger charge is -2.45. The normalized spacial score (nSPS) is 24.4. The van der Waals surface area contributed by atoms with Crippen molar-refractivity contribution in [1.82, 2.24) is 4.98 Å². The van der Waals surface area contributed by atoms with Crippen LogP contribution in [0.1, 0.15) is 56.0 Å². The fourth-order valence-corrected chi connectivity index (χ4v) is 5.12. The molecular weight excluding hydrogens is 368 g/mol. The third-order valence-electron chi connectivity index (χ3n) is 6.24. The number of hydrogen-bond donors (Lipinski definition) is 1. The lowest BCUT2D eigenvalue weighted by molar-refractivity contribution is 0.413. The van der Waals surface area contributed by atoms with E-state index in [1.807, 2.05) is 18.4 Å². The molecule has 3 nitrogen and oxygen atoms in total. The smallest absolute Gasteiger partial charge is 0.248 e. The number of rotatable bonds is 5. The quantitative estimate of drug-likeness (QED) is 0.504. The molecule has 1 heterocycles. The molecule has 154 valence electrons. The summed E-state index contributed by atoms with van der Waals surface area (Å²) in [6.07, 6.45) is 14.6. The summed E-state index contributed by atoms with van der Waals surface area (Å²) >= 11 is 0. The molecule has 0 amide bonds. The summed E-state index contributed by atoms with van der Waals surface area (Å²) < 4.78 is 0. The number of aromatic nitrogens is 1. The Hall–Kier alpha value is -2.94. The maximum Gasteiger partial charge on any atom is 0.248 e. The number of aromatic amines is 1. The van der Waals surface area contributed by atoms with Gasteiger partial charge in [0.1, 0.15) is 5.54 Å². The first kappa shape index (κ1) is 20.3. The number of aryl methyl sites for hydroxylation is 1. The summed E-state index contributed by atoms with van der Waals surface area (Å²) in [6, 6.07) is 12.3. The summed E-state index contributed by atoms with van der Waals surface area (Å²) in [5, 5.41) is 0. The summed E-state index contributed by atoms with van der Waals surface area (Å²) in [5.74, 6) is 0.293. The van der Waals surface area contributed by atoms with Crippen LogP contribution in [0.5, 0.6) is 0 Å². The number of hydrogen-bond acceptors (Lipinski definition) is 2. The van der Waals surface area contributed by atoms with Crippen LogP contribution in [-0.2, 0) is 18.4 Å². The number of fused-ring (bicyclic) bond motifs is 4. The average molecular weight is 399 g/mol. The molecule has 1 N–H and O–H groups in total. The predicted octanol–water partition coefficient (Wildman–Crippen LogP) is 5.78. The molecule has 30 heavy (non-hydrogen) atoms. The fourth-order valence-electron chi connectivity index (χ4n) is 5.12. The van der Waals surface area contributed by atoms with E-state index in [9.17, 15) is 4.79 Å². The minimum absolute atomic E-state index is 0.0394. The van der Waals surface area contributed by atoms with Crippen molar-refractivity contribution in [2.45, 2.75) is 52.0 Å². The number of aliphatic imine (C=N–C) groups is 1. The Labute approximate surface area is 179 Å². The molecule has 1 aromatic carbocycles. The molecule has 1 aromatic heterocycles. The Bertz CT molecular complexity index is 1120. The van der Waals surface area contributed by atoms with Crippen molar-refractivity contribution in [3.05, 3.63) is 98.5 Å². The molecule has 0 aliphatic heterocycles. The molecule has 3 heteroatoms. The predicted molar refractivity (Wildman–Crippen MR) is 126 cm³/mol. The molecule has 0 saturated heterocycles. The summed E-state index contributed by atoms with van der Waals surface area (Å²) in [6.45, 7) is 6.50. The molecule has 2 atom stereocenters. The Morgan fingerprint density at radius 1 is 1.27 bits per heavy atom. The number of allylic oxidation sites excluding steroid dienone is 3. The van der Waals surface area contributed by atoms with Gasteiger partial charge in [-0.1, -0.05) is 61.4 Å². The van der Waals surface area contributed by atoms with Gasteiger partial charge in [0.25, 0.3) is 0 Å². The minimum Gasteiger partial charge on any atom is -0.326 e. The second-order valence-corrected chi connectivity index (χ2v) is 8.45. The van der Waals surface area contributed by atoms with Crippen molar-refractivity contribution in [2.75, 3.05) is 0 Å². The van der Waals surface area contributed by atoms with Crippen LogP contribution in [0.3, 0.4) is 0 Å². The standard InChI is InChI=1S/C27H30N2O/c1-4-8-20-9-6-10-21(16-20)11-7-14-28-27-18-19(3)15-22(23(27)5-2)17-25-24(27)12-13-26(30)29-25/h5-7,9-16,22H,4,8,17-18H2,1-3H3,(H,29,30)/b11-7+,23-5+,28-14+. The van der Waals surface area contributed by atoms with Gasteiger partial charge < -0.3 is 4.98 Å². The van der Waals surface area contributed by atoms with Crippen molar-refractivity contribution >= 4 is 12.3 Å². The number of nitrogens with one attached hydrogen (secondary N) is 1. The number of benzene rings is 1. The molecule has 2 aromatic rings. The van der Waals surface area contributed by atoms with Crippen LogP contribution in [0, 0.1) is 5.92 Å². The van der Waals surface area contributed by atoms with Gasteiger partial charge in [0.15, 0.2) is 0 Å². The van der Waals surface area contributed by atoms with Crippen LogP contribution in [0.25, 0.3) is 6.08 Å². The maximum atomic E-state index is 11.9. The number of nitrogens with zero attached hydrogens (tertiary/aromatic N) is 1. The highest BCUT2D eigenvalue weighted by Crippen LogP contribution is 2.51. The second-order valence-electron chi connectivity index (χ2n) is 8.45. The van der Waals surface area contributed by atoms with Gasteiger partial charge >= 0.3 is 0 Å². The van der Waals surface area contributed by atoms with Gasteiger partial charge in [-0.25, -0.2) is 0 Å². The van der Waals surface area contributed by atoms with E-state index < -0.39 is 5.54 Å². The number of pyridine rings is 1. The van der Waals surface area contributed by atoms with Crippen LogP contribution in [0.2, 0.25) is 0 Å². The second kappa shape index (κ2) is 8.43. The highest BCUT2D eigenvalue weighted by atomic mass is 16.1. The molecule has 0 fully saturated rings. The monoisotopic (exact) mass is 398 g/mol. The zero-order valence-corrected chi connectivity index (χ0v) is 18.1. The SMILES string of the molecule is C/C=C1\C2C=C(C)CC1(/N=C/C=C/c1cccc(CCC)c1)c1ccc(=O)[nH]c1C2. The molecule has 0 spiro atoms. The lowest BCUT2D eigenvalue weighted by Crippen LogP contribution is -2.40. The first-order chi connectivity index (χ1) is 14.6. The fraction of sp³-hybridized carbons (Fsp3) is 0.333. The van der Waals surface area contributed by atoms with Gasteiger partial charge in [0, 0.05) is 35.9 Å². The third kappa shape index (κ3) is 3.77. The highest BCUT2D eigenvalue weighted by Gasteiger charge is 2.46. The Balaban J connectivity index is 1.71. The summed E-state index contributed by atoms with van der Waals surface area (Å²) in [7, 11) is 0.